The summed E-state index contributed by atoms with van der Waals surface area (Å²) in [5.74, 6) is -0.884. The summed E-state index contributed by atoms with van der Waals surface area (Å²) in [5.41, 5.74) is 2.44. The number of hydrogen-bond donors (Lipinski definition) is 3. The predicted octanol–water partition coefficient (Wildman–Crippen LogP) is 4.10. The summed E-state index contributed by atoms with van der Waals surface area (Å²) in [6, 6.07) is 13.8. The van der Waals surface area contributed by atoms with Crippen LogP contribution in [0.2, 0.25) is 5.02 Å². The third-order valence-corrected chi connectivity index (χ3v) is 6.16. The second kappa shape index (κ2) is 10.1. The number of aromatic nitrogens is 4. The lowest BCUT2D eigenvalue weighted by molar-refractivity contribution is -0.113. The lowest BCUT2D eigenvalue weighted by Crippen LogP contribution is -2.23. The highest BCUT2D eigenvalue weighted by atomic mass is 35.5. The van der Waals surface area contributed by atoms with Crippen molar-refractivity contribution >= 4 is 52.0 Å². The van der Waals surface area contributed by atoms with Gasteiger partial charge in [0.1, 0.15) is 5.49 Å². The van der Waals surface area contributed by atoms with Crippen LogP contribution in [-0.2, 0) is 9.53 Å². The minimum Gasteiger partial charge on any atom is -0.462 e. The Balaban J connectivity index is 1.64. The van der Waals surface area contributed by atoms with Crippen LogP contribution in [0.4, 0.5) is 5.69 Å². The Hall–Kier alpha value is -3.63. The van der Waals surface area contributed by atoms with Gasteiger partial charge in [-0.1, -0.05) is 47.6 Å². The predicted molar refractivity (Wildman–Crippen MR) is 131 cm³/mol. The van der Waals surface area contributed by atoms with Gasteiger partial charge in [0.15, 0.2) is 10.8 Å². The minimum absolute atomic E-state index is 0.0248. The van der Waals surface area contributed by atoms with Crippen molar-refractivity contribution in [3.05, 3.63) is 70.3 Å². The van der Waals surface area contributed by atoms with E-state index in [1.54, 1.807) is 54.0 Å². The van der Waals surface area contributed by atoms with E-state index in [4.69, 9.17) is 21.7 Å². The maximum atomic E-state index is 12.8. The molecule has 2 aromatic carbocycles. The molecule has 0 aliphatic carbocycles. The summed E-state index contributed by atoms with van der Waals surface area (Å²) < 4.78 is 6.65. The van der Waals surface area contributed by atoms with Crippen LogP contribution in [0.15, 0.2) is 53.7 Å². The smallest absolute Gasteiger partial charge is 0.340 e. The van der Waals surface area contributed by atoms with Gasteiger partial charge in [-0.15, -0.1) is 0 Å². The number of rotatable bonds is 7. The van der Waals surface area contributed by atoms with Gasteiger partial charge in [-0.2, -0.15) is 5.10 Å². The van der Waals surface area contributed by atoms with Crippen molar-refractivity contribution in [3.8, 4) is 5.69 Å². The van der Waals surface area contributed by atoms with E-state index in [0.717, 1.165) is 11.8 Å². The second-order valence-electron chi connectivity index (χ2n) is 7.18. The van der Waals surface area contributed by atoms with E-state index in [0.29, 0.717) is 38.3 Å². The zero-order valence-corrected chi connectivity index (χ0v) is 20.0. The Morgan fingerprint density at radius 3 is 2.71 bits per heavy atom. The van der Waals surface area contributed by atoms with Crippen molar-refractivity contribution in [3.63, 3.8) is 0 Å². The number of hydrogen-bond acceptors (Lipinski definition) is 7. The average Bonchev–Trinajstić information content (AvgIpc) is 3.20. The fourth-order valence-corrected chi connectivity index (χ4v) is 4.40. The molecular formula is C23H21ClN6O3S. The summed E-state index contributed by atoms with van der Waals surface area (Å²) in [7, 11) is 0. The number of thioether (sulfide) groups is 1. The number of fused-ring (bicyclic) bond motifs is 1. The number of nitrogens with one attached hydrogen (secondary N) is 3. The number of ether oxygens (including phenoxy) is 1. The number of aromatic amines is 1. The van der Waals surface area contributed by atoms with Gasteiger partial charge in [-0.05, 0) is 38.1 Å². The zero-order chi connectivity index (χ0) is 24.2. The number of nitrogens with zero attached hydrogens (tertiary/aromatic N) is 3. The third kappa shape index (κ3) is 4.68. The molecule has 0 saturated heterocycles. The topological polar surface area (TPSA) is 126 Å². The van der Waals surface area contributed by atoms with E-state index < -0.39 is 5.97 Å². The number of anilines is 1. The molecule has 1 amide bonds. The van der Waals surface area contributed by atoms with Gasteiger partial charge in [0.05, 0.1) is 39.7 Å². The highest BCUT2D eigenvalue weighted by molar-refractivity contribution is 7.99. The molecule has 3 N–H and O–H groups in total. The fourth-order valence-electron chi connectivity index (χ4n) is 3.38. The molecule has 11 heteroatoms. The molecule has 0 atom stereocenters. The maximum Gasteiger partial charge on any atom is 0.340 e. The normalized spacial score (nSPS) is 10.9. The molecule has 0 radical (unpaired) electrons. The molecule has 0 aliphatic rings. The van der Waals surface area contributed by atoms with Crippen LogP contribution in [-0.4, -0.2) is 44.0 Å². The lowest BCUT2D eigenvalue weighted by atomic mass is 10.2. The summed E-state index contributed by atoms with van der Waals surface area (Å²) >= 11 is 7.55. The number of carbonyl (C=O) groups excluding carboxylic acids is 2. The third-order valence-electron chi connectivity index (χ3n) is 4.90. The largest absolute Gasteiger partial charge is 0.462 e. The monoisotopic (exact) mass is 496 g/mol. The van der Waals surface area contributed by atoms with Crippen molar-refractivity contribution in [1.82, 2.24) is 19.7 Å². The summed E-state index contributed by atoms with van der Waals surface area (Å²) in [6.07, 6.45) is 0. The summed E-state index contributed by atoms with van der Waals surface area (Å²) in [6.45, 7) is 3.76. The van der Waals surface area contributed by atoms with E-state index in [1.807, 2.05) is 13.0 Å². The average molecular weight is 497 g/mol. The molecule has 0 unspecified atom stereocenters. The van der Waals surface area contributed by atoms with Gasteiger partial charge in [0.2, 0.25) is 5.91 Å². The zero-order valence-electron chi connectivity index (χ0n) is 18.4. The number of carbonyl (C=O) groups is 2. The molecular weight excluding hydrogens is 476 g/mol. The standard InChI is InChI=1S/C23H21ClN6O3S/c1-3-33-22(32)14-8-4-6-10-16(14)26-18(31)12-34-23-27-21-19(13(2)28-29-21)20(25)30(23)17-11-7-5-9-15(17)24/h4-11,25H,3,12H2,1-2H3,(H,26,31)(H,28,29). The van der Waals surface area contributed by atoms with Gasteiger partial charge in [-0.25, -0.2) is 9.78 Å². The number of para-hydroxylation sites is 2. The van der Waals surface area contributed by atoms with Crippen molar-refractivity contribution in [2.24, 2.45) is 0 Å². The molecule has 34 heavy (non-hydrogen) atoms. The number of amides is 1. The van der Waals surface area contributed by atoms with Gasteiger partial charge < -0.3 is 10.1 Å². The molecule has 0 aliphatic heterocycles. The molecule has 4 rings (SSSR count). The van der Waals surface area contributed by atoms with Crippen molar-refractivity contribution in [1.29, 1.82) is 5.41 Å². The number of aryl methyl sites for hydroxylation is 1. The van der Waals surface area contributed by atoms with E-state index >= 15 is 0 Å². The van der Waals surface area contributed by atoms with Gasteiger partial charge in [-0.3, -0.25) is 19.9 Å². The quantitative estimate of drug-likeness (QED) is 0.201. The molecule has 0 spiro atoms. The van der Waals surface area contributed by atoms with Crippen LogP contribution < -0.4 is 10.8 Å². The fraction of sp³-hybridized carbons (Fsp3) is 0.174. The first-order valence-electron chi connectivity index (χ1n) is 10.4. The molecule has 2 aromatic heterocycles. The highest BCUT2D eigenvalue weighted by Crippen LogP contribution is 2.26. The summed E-state index contributed by atoms with van der Waals surface area (Å²) in [4.78, 5) is 29.5. The number of esters is 1. The van der Waals surface area contributed by atoms with Gasteiger partial charge in [0, 0.05) is 5.69 Å². The first-order chi connectivity index (χ1) is 16.4. The van der Waals surface area contributed by atoms with Crippen molar-refractivity contribution in [2.75, 3.05) is 17.7 Å². The number of benzene rings is 2. The van der Waals surface area contributed by atoms with E-state index in [1.165, 1.54) is 0 Å². The van der Waals surface area contributed by atoms with E-state index in [9.17, 15) is 9.59 Å². The molecule has 4 aromatic rings. The van der Waals surface area contributed by atoms with Crippen LogP contribution in [0.25, 0.3) is 16.7 Å². The van der Waals surface area contributed by atoms with Crippen molar-refractivity contribution in [2.45, 2.75) is 19.0 Å². The number of halogens is 1. The molecule has 9 nitrogen and oxygen atoms in total. The second-order valence-corrected chi connectivity index (χ2v) is 8.53. The van der Waals surface area contributed by atoms with Crippen LogP contribution in [0.3, 0.4) is 0 Å². The molecule has 0 saturated carbocycles. The Morgan fingerprint density at radius 2 is 1.94 bits per heavy atom. The first-order valence-corrected chi connectivity index (χ1v) is 11.7. The van der Waals surface area contributed by atoms with Crippen LogP contribution in [0.1, 0.15) is 23.0 Å². The van der Waals surface area contributed by atoms with Gasteiger partial charge >= 0.3 is 5.97 Å². The maximum absolute atomic E-state index is 12.8. The first kappa shape index (κ1) is 23.5. The van der Waals surface area contributed by atoms with E-state index in [2.05, 4.69) is 20.5 Å². The Labute approximate surface area is 204 Å². The van der Waals surface area contributed by atoms with Crippen LogP contribution in [0, 0.1) is 12.3 Å². The molecule has 2 heterocycles. The molecule has 0 fully saturated rings. The van der Waals surface area contributed by atoms with Crippen molar-refractivity contribution < 1.29 is 14.3 Å². The Morgan fingerprint density at radius 1 is 1.21 bits per heavy atom. The Kier molecular flexibility index (Phi) is 6.99. The van der Waals surface area contributed by atoms with Gasteiger partial charge in [0.25, 0.3) is 0 Å². The minimum atomic E-state index is -0.512. The molecule has 0 bridgehead atoms. The summed E-state index contributed by atoms with van der Waals surface area (Å²) in [5, 5.41) is 20.0. The molecule has 174 valence electrons. The lowest BCUT2D eigenvalue weighted by Gasteiger charge is -2.15. The SMILES string of the molecule is CCOC(=O)c1ccccc1NC(=O)CSc1nc2n[nH]c(C)c2c(=N)n1-c1ccccc1Cl. The number of H-pyrrole nitrogens is 1. The highest BCUT2D eigenvalue weighted by Gasteiger charge is 2.19. The van der Waals surface area contributed by atoms with Crippen LogP contribution >= 0.6 is 23.4 Å². The Bertz CT molecular complexity index is 1450. The van der Waals surface area contributed by atoms with Crippen LogP contribution in [0.5, 0.6) is 0 Å². The van der Waals surface area contributed by atoms with E-state index in [-0.39, 0.29) is 29.3 Å².